The van der Waals surface area contributed by atoms with Crippen LogP contribution in [0.1, 0.15) is 54.8 Å². The molecule has 1 aromatic rings. The van der Waals surface area contributed by atoms with Gasteiger partial charge in [0.05, 0.1) is 5.60 Å². The van der Waals surface area contributed by atoms with Crippen LogP contribution in [0.25, 0.3) is 0 Å². The van der Waals surface area contributed by atoms with Crippen LogP contribution in [0.2, 0.25) is 0 Å². The average molecular weight is 274 g/mol. The van der Waals surface area contributed by atoms with E-state index in [-0.39, 0.29) is 11.6 Å². The molecule has 1 saturated heterocycles. The van der Waals surface area contributed by atoms with Gasteiger partial charge in [-0.3, -0.25) is 11.3 Å². The topological polar surface area (TPSA) is 47.3 Å². The first-order chi connectivity index (χ1) is 9.62. The Bertz CT molecular complexity index is 462. The minimum atomic E-state index is 0.177. The smallest absolute Gasteiger partial charge is 0.0686 e. The van der Waals surface area contributed by atoms with Crippen molar-refractivity contribution in [2.75, 3.05) is 6.61 Å². The van der Waals surface area contributed by atoms with Crippen molar-refractivity contribution in [3.8, 4) is 0 Å². The number of aryl methyl sites for hydroxylation is 2. The maximum atomic E-state index is 6.04. The molecule has 110 valence electrons. The first-order valence-corrected chi connectivity index (χ1v) is 7.80. The van der Waals surface area contributed by atoms with Crippen LogP contribution >= 0.6 is 0 Å². The van der Waals surface area contributed by atoms with E-state index in [2.05, 4.69) is 37.5 Å². The van der Waals surface area contributed by atoms with Crippen molar-refractivity contribution in [3.05, 3.63) is 34.9 Å². The van der Waals surface area contributed by atoms with E-state index in [1.165, 1.54) is 36.0 Å². The number of hydrazine groups is 1. The van der Waals surface area contributed by atoms with Gasteiger partial charge in [-0.05, 0) is 57.4 Å². The molecule has 0 amide bonds. The van der Waals surface area contributed by atoms with Gasteiger partial charge in [-0.1, -0.05) is 29.3 Å². The van der Waals surface area contributed by atoms with Crippen molar-refractivity contribution < 1.29 is 4.74 Å². The molecule has 3 rings (SSSR count). The van der Waals surface area contributed by atoms with Crippen LogP contribution in [-0.2, 0) is 4.74 Å². The molecule has 3 heteroatoms. The minimum Gasteiger partial charge on any atom is -0.375 e. The fourth-order valence-electron chi connectivity index (χ4n) is 3.96. The summed E-state index contributed by atoms with van der Waals surface area (Å²) in [6, 6.07) is 6.99. The van der Waals surface area contributed by atoms with Crippen LogP contribution in [0.4, 0.5) is 0 Å². The van der Waals surface area contributed by atoms with E-state index < -0.39 is 0 Å². The van der Waals surface area contributed by atoms with E-state index in [1.54, 1.807) is 0 Å². The van der Waals surface area contributed by atoms with E-state index in [4.69, 9.17) is 10.6 Å². The molecular formula is C17H26N2O. The predicted molar refractivity (Wildman–Crippen MR) is 81.2 cm³/mol. The fourth-order valence-corrected chi connectivity index (χ4v) is 3.96. The van der Waals surface area contributed by atoms with Gasteiger partial charge < -0.3 is 4.74 Å². The number of ether oxygens (including phenoxy) is 1. The van der Waals surface area contributed by atoms with Crippen molar-refractivity contribution >= 4 is 0 Å². The number of benzene rings is 1. The molecule has 0 aromatic heterocycles. The second kappa shape index (κ2) is 5.47. The number of hydrogen-bond acceptors (Lipinski definition) is 3. The lowest BCUT2D eigenvalue weighted by Crippen LogP contribution is -2.48. The zero-order chi connectivity index (χ0) is 14.2. The number of hydrogen-bond donors (Lipinski definition) is 2. The Morgan fingerprint density at radius 3 is 2.50 bits per heavy atom. The maximum Gasteiger partial charge on any atom is 0.0686 e. The Labute approximate surface area is 121 Å². The Morgan fingerprint density at radius 1 is 1.25 bits per heavy atom. The molecule has 2 aliphatic rings. The molecule has 2 unspecified atom stereocenters. The van der Waals surface area contributed by atoms with Crippen molar-refractivity contribution in [1.29, 1.82) is 0 Å². The second-order valence-corrected chi connectivity index (χ2v) is 6.70. The lowest BCUT2D eigenvalue weighted by atomic mass is 9.69. The summed E-state index contributed by atoms with van der Waals surface area (Å²) in [5, 5.41) is 0. The molecule has 0 radical (unpaired) electrons. The normalized spacial score (nSPS) is 26.2. The number of rotatable bonds is 3. The summed E-state index contributed by atoms with van der Waals surface area (Å²) in [6.45, 7) is 5.19. The lowest BCUT2D eigenvalue weighted by Gasteiger charge is -2.48. The summed E-state index contributed by atoms with van der Waals surface area (Å²) in [5.74, 6) is 6.47. The molecule has 3 nitrogen and oxygen atoms in total. The summed E-state index contributed by atoms with van der Waals surface area (Å²) in [7, 11) is 0. The SMILES string of the molecule is Cc1cc(C)cc(C(NN)C2CCOC3(CCC3)C2)c1. The molecule has 2 atom stereocenters. The molecule has 2 fully saturated rings. The molecule has 1 aliphatic heterocycles. The number of nitrogens with two attached hydrogens (primary N) is 1. The summed E-state index contributed by atoms with van der Waals surface area (Å²) in [5.41, 5.74) is 7.20. The van der Waals surface area contributed by atoms with E-state index >= 15 is 0 Å². The van der Waals surface area contributed by atoms with Gasteiger partial charge in [-0.2, -0.15) is 0 Å². The summed E-state index contributed by atoms with van der Waals surface area (Å²) in [6.07, 6.45) is 6.02. The van der Waals surface area contributed by atoms with Crippen molar-refractivity contribution in [3.63, 3.8) is 0 Å². The van der Waals surface area contributed by atoms with Gasteiger partial charge in [0.15, 0.2) is 0 Å². The second-order valence-electron chi connectivity index (χ2n) is 6.70. The molecule has 1 aromatic carbocycles. The maximum absolute atomic E-state index is 6.04. The third-order valence-corrected chi connectivity index (χ3v) is 5.05. The van der Waals surface area contributed by atoms with Gasteiger partial charge in [-0.15, -0.1) is 0 Å². The molecular weight excluding hydrogens is 248 g/mol. The Hall–Kier alpha value is -0.900. The van der Waals surface area contributed by atoms with Crippen LogP contribution in [0.5, 0.6) is 0 Å². The molecule has 1 aliphatic carbocycles. The van der Waals surface area contributed by atoms with Crippen LogP contribution in [0.15, 0.2) is 18.2 Å². The fraction of sp³-hybridized carbons (Fsp3) is 0.647. The highest BCUT2D eigenvalue weighted by Crippen LogP contribution is 2.47. The van der Waals surface area contributed by atoms with Crippen molar-refractivity contribution in [1.82, 2.24) is 5.43 Å². The minimum absolute atomic E-state index is 0.177. The Balaban J connectivity index is 1.81. The largest absolute Gasteiger partial charge is 0.375 e. The molecule has 0 bridgehead atoms. The zero-order valence-corrected chi connectivity index (χ0v) is 12.6. The quantitative estimate of drug-likeness (QED) is 0.657. The van der Waals surface area contributed by atoms with E-state index in [9.17, 15) is 0 Å². The van der Waals surface area contributed by atoms with Gasteiger partial charge in [0, 0.05) is 12.6 Å². The van der Waals surface area contributed by atoms with Gasteiger partial charge in [0.25, 0.3) is 0 Å². The molecule has 20 heavy (non-hydrogen) atoms. The molecule has 1 spiro atoms. The average Bonchev–Trinajstić information content (AvgIpc) is 2.37. The first-order valence-electron chi connectivity index (χ1n) is 7.80. The Morgan fingerprint density at radius 2 is 1.95 bits per heavy atom. The monoisotopic (exact) mass is 274 g/mol. The highest BCUT2D eigenvalue weighted by Gasteiger charge is 2.44. The highest BCUT2D eigenvalue weighted by molar-refractivity contribution is 5.31. The number of nitrogens with one attached hydrogen (secondary N) is 1. The van der Waals surface area contributed by atoms with Gasteiger partial charge >= 0.3 is 0 Å². The first kappa shape index (κ1) is 14.1. The molecule has 3 N–H and O–H groups in total. The van der Waals surface area contributed by atoms with Crippen molar-refractivity contribution in [2.24, 2.45) is 11.8 Å². The lowest BCUT2D eigenvalue weighted by molar-refractivity contribution is -0.147. The Kier molecular flexibility index (Phi) is 3.85. The third-order valence-electron chi connectivity index (χ3n) is 5.05. The predicted octanol–water partition coefficient (Wildman–Crippen LogP) is 3.16. The summed E-state index contributed by atoms with van der Waals surface area (Å²) < 4.78 is 6.04. The van der Waals surface area contributed by atoms with E-state index in [0.717, 1.165) is 19.4 Å². The van der Waals surface area contributed by atoms with Crippen molar-refractivity contribution in [2.45, 2.75) is 57.6 Å². The third kappa shape index (κ3) is 2.62. The van der Waals surface area contributed by atoms with Crippen LogP contribution in [0.3, 0.4) is 0 Å². The summed E-state index contributed by atoms with van der Waals surface area (Å²) in [4.78, 5) is 0. The highest BCUT2D eigenvalue weighted by atomic mass is 16.5. The van der Waals surface area contributed by atoms with Gasteiger partial charge in [0.2, 0.25) is 0 Å². The van der Waals surface area contributed by atoms with Crippen LogP contribution in [0, 0.1) is 19.8 Å². The van der Waals surface area contributed by atoms with Crippen LogP contribution < -0.4 is 11.3 Å². The van der Waals surface area contributed by atoms with Gasteiger partial charge in [-0.25, -0.2) is 0 Å². The van der Waals surface area contributed by atoms with Crippen LogP contribution in [-0.4, -0.2) is 12.2 Å². The molecule has 1 heterocycles. The van der Waals surface area contributed by atoms with Gasteiger partial charge in [0.1, 0.15) is 0 Å². The summed E-state index contributed by atoms with van der Waals surface area (Å²) >= 11 is 0. The van der Waals surface area contributed by atoms with E-state index in [1.807, 2.05) is 0 Å². The standard InChI is InChI=1S/C17H26N2O/c1-12-8-13(2)10-15(9-12)16(19-18)14-4-7-20-17(11-14)5-3-6-17/h8-10,14,16,19H,3-7,11,18H2,1-2H3. The van der Waals surface area contributed by atoms with E-state index in [0.29, 0.717) is 5.92 Å². The molecule has 1 saturated carbocycles. The zero-order valence-electron chi connectivity index (χ0n) is 12.6.